The van der Waals surface area contributed by atoms with Crippen molar-refractivity contribution in [3.05, 3.63) is 18.0 Å². The van der Waals surface area contributed by atoms with Crippen LogP contribution >= 0.6 is 11.8 Å². The van der Waals surface area contributed by atoms with Crippen LogP contribution in [0.15, 0.2) is 17.2 Å². The van der Waals surface area contributed by atoms with Crippen molar-refractivity contribution < 1.29 is 8.42 Å². The van der Waals surface area contributed by atoms with Gasteiger partial charge in [0, 0.05) is 43.3 Å². The minimum absolute atomic E-state index is 0.0155. The molecule has 0 aromatic carbocycles. The number of thioether (sulfide) groups is 1. The van der Waals surface area contributed by atoms with Gasteiger partial charge in [-0.15, -0.1) is 0 Å². The number of hydrogen-bond acceptors (Lipinski definition) is 4. The molecule has 1 aromatic heterocycles. The molecule has 0 radical (unpaired) electrons. The van der Waals surface area contributed by atoms with Gasteiger partial charge in [0.2, 0.25) is 10.0 Å². The molecule has 120 valence electrons. The molecule has 21 heavy (non-hydrogen) atoms. The molecule has 1 heterocycles. The van der Waals surface area contributed by atoms with E-state index in [0.29, 0.717) is 10.9 Å². The molecule has 0 saturated heterocycles. The Hall–Kier alpha value is -0.500. The summed E-state index contributed by atoms with van der Waals surface area (Å²) in [5.41, 5.74) is 1.00. The number of aromatic nitrogens is 1. The van der Waals surface area contributed by atoms with Crippen LogP contribution in [0.2, 0.25) is 0 Å². The maximum absolute atomic E-state index is 12.4. The van der Waals surface area contributed by atoms with Crippen molar-refractivity contribution in [1.82, 2.24) is 14.6 Å². The summed E-state index contributed by atoms with van der Waals surface area (Å²) in [7, 11) is -1.54. The highest BCUT2D eigenvalue weighted by atomic mass is 32.2. The zero-order chi connectivity index (χ0) is 15.5. The standard InChI is InChI=1S/C14H25N3O2S2/c1-4-11(10-20-3)16-21(18,19)14-7-13(17(2)9-14)8-15-12-5-6-12/h7,9,11-12,15-16H,4-6,8,10H2,1-3H3. The molecule has 7 heteroatoms. The maximum Gasteiger partial charge on any atom is 0.242 e. The molecule has 0 spiro atoms. The number of sulfonamides is 1. The molecule has 1 saturated carbocycles. The van der Waals surface area contributed by atoms with Gasteiger partial charge < -0.3 is 9.88 Å². The summed E-state index contributed by atoms with van der Waals surface area (Å²) in [5, 5.41) is 3.41. The Labute approximate surface area is 131 Å². The summed E-state index contributed by atoms with van der Waals surface area (Å²) in [6, 6.07) is 2.37. The van der Waals surface area contributed by atoms with E-state index < -0.39 is 10.0 Å². The molecule has 1 aromatic rings. The zero-order valence-corrected chi connectivity index (χ0v) is 14.6. The fourth-order valence-electron chi connectivity index (χ4n) is 2.16. The van der Waals surface area contributed by atoms with Gasteiger partial charge in [0.25, 0.3) is 0 Å². The first-order chi connectivity index (χ1) is 9.96. The van der Waals surface area contributed by atoms with Gasteiger partial charge in [-0.1, -0.05) is 6.92 Å². The first-order valence-electron chi connectivity index (χ1n) is 7.36. The third kappa shape index (κ3) is 4.74. The largest absolute Gasteiger partial charge is 0.352 e. The molecule has 1 atom stereocenters. The quantitative estimate of drug-likeness (QED) is 0.723. The van der Waals surface area contributed by atoms with E-state index in [2.05, 4.69) is 10.0 Å². The average Bonchev–Trinajstić information content (AvgIpc) is 3.18. The number of nitrogens with zero attached hydrogens (tertiary/aromatic N) is 1. The van der Waals surface area contributed by atoms with Crippen LogP contribution in [0.4, 0.5) is 0 Å². The molecule has 0 amide bonds. The van der Waals surface area contributed by atoms with Crippen LogP contribution < -0.4 is 10.0 Å². The lowest BCUT2D eigenvalue weighted by atomic mass is 10.3. The van der Waals surface area contributed by atoms with Gasteiger partial charge in [0.05, 0.1) is 4.90 Å². The second-order valence-electron chi connectivity index (χ2n) is 5.62. The highest BCUT2D eigenvalue weighted by molar-refractivity contribution is 7.98. The normalized spacial score (nSPS) is 17.1. The summed E-state index contributed by atoms with van der Waals surface area (Å²) in [6.45, 7) is 2.72. The summed E-state index contributed by atoms with van der Waals surface area (Å²) in [5.74, 6) is 0.790. The predicted octanol–water partition coefficient (Wildman–Crippen LogP) is 1.70. The molecule has 1 aliphatic carbocycles. The Bertz CT molecular complexity index is 565. The second kappa shape index (κ2) is 7.17. The van der Waals surface area contributed by atoms with Gasteiger partial charge in [-0.2, -0.15) is 11.8 Å². The van der Waals surface area contributed by atoms with E-state index in [-0.39, 0.29) is 6.04 Å². The third-order valence-corrected chi connectivity index (χ3v) is 5.95. The van der Waals surface area contributed by atoms with Crippen molar-refractivity contribution >= 4 is 21.8 Å². The van der Waals surface area contributed by atoms with E-state index >= 15 is 0 Å². The van der Waals surface area contributed by atoms with Gasteiger partial charge in [-0.3, -0.25) is 0 Å². The van der Waals surface area contributed by atoms with E-state index in [1.807, 2.05) is 24.8 Å². The monoisotopic (exact) mass is 331 g/mol. The van der Waals surface area contributed by atoms with Crippen molar-refractivity contribution in [3.63, 3.8) is 0 Å². The molecule has 1 fully saturated rings. The minimum atomic E-state index is -3.43. The van der Waals surface area contributed by atoms with Crippen LogP contribution in [-0.2, 0) is 23.6 Å². The van der Waals surface area contributed by atoms with Crippen molar-refractivity contribution in [2.45, 2.75) is 49.7 Å². The summed E-state index contributed by atoms with van der Waals surface area (Å²) < 4.78 is 29.6. The van der Waals surface area contributed by atoms with Crippen LogP contribution in [0.3, 0.4) is 0 Å². The molecular formula is C14H25N3O2S2. The van der Waals surface area contributed by atoms with E-state index in [4.69, 9.17) is 0 Å². The molecule has 5 nitrogen and oxygen atoms in total. The van der Waals surface area contributed by atoms with Crippen LogP contribution in [0.1, 0.15) is 31.9 Å². The van der Waals surface area contributed by atoms with Crippen molar-refractivity contribution in [2.75, 3.05) is 12.0 Å². The smallest absolute Gasteiger partial charge is 0.242 e. The highest BCUT2D eigenvalue weighted by Crippen LogP contribution is 2.20. The van der Waals surface area contributed by atoms with Crippen LogP contribution in [0, 0.1) is 0 Å². The maximum atomic E-state index is 12.4. The van der Waals surface area contributed by atoms with Crippen molar-refractivity contribution in [1.29, 1.82) is 0 Å². The Morgan fingerprint density at radius 3 is 2.76 bits per heavy atom. The lowest BCUT2D eigenvalue weighted by molar-refractivity contribution is 0.558. The van der Waals surface area contributed by atoms with E-state index in [1.165, 1.54) is 12.8 Å². The molecule has 1 unspecified atom stereocenters. The fraction of sp³-hybridized carbons (Fsp3) is 0.714. The Kier molecular flexibility index (Phi) is 5.76. The molecule has 2 rings (SSSR count). The second-order valence-corrected chi connectivity index (χ2v) is 8.24. The van der Waals surface area contributed by atoms with Crippen LogP contribution in [0.5, 0.6) is 0 Å². The molecule has 1 aliphatic rings. The van der Waals surface area contributed by atoms with Gasteiger partial charge in [0.15, 0.2) is 0 Å². The van der Waals surface area contributed by atoms with Crippen molar-refractivity contribution in [3.8, 4) is 0 Å². The van der Waals surface area contributed by atoms with E-state index in [9.17, 15) is 8.42 Å². The number of hydrogen-bond donors (Lipinski definition) is 2. The Morgan fingerprint density at radius 2 is 2.19 bits per heavy atom. The summed E-state index contributed by atoms with van der Waals surface area (Å²) >= 11 is 1.65. The first-order valence-corrected chi connectivity index (χ1v) is 10.2. The lowest BCUT2D eigenvalue weighted by Crippen LogP contribution is -2.35. The molecule has 0 aliphatic heterocycles. The van der Waals surface area contributed by atoms with Gasteiger partial charge in [-0.05, 0) is 31.6 Å². The first kappa shape index (κ1) is 16.9. The molecule has 0 bridgehead atoms. The van der Waals surface area contributed by atoms with E-state index in [0.717, 1.165) is 24.4 Å². The van der Waals surface area contributed by atoms with Crippen LogP contribution in [-0.4, -0.2) is 37.1 Å². The zero-order valence-electron chi connectivity index (χ0n) is 12.9. The van der Waals surface area contributed by atoms with Crippen molar-refractivity contribution in [2.24, 2.45) is 7.05 Å². The fourth-order valence-corrected chi connectivity index (χ4v) is 4.40. The van der Waals surface area contributed by atoms with Gasteiger partial charge in [-0.25, -0.2) is 13.1 Å². The number of rotatable bonds is 9. The lowest BCUT2D eigenvalue weighted by Gasteiger charge is -2.15. The van der Waals surface area contributed by atoms with E-state index in [1.54, 1.807) is 24.0 Å². The minimum Gasteiger partial charge on any atom is -0.352 e. The van der Waals surface area contributed by atoms with Gasteiger partial charge in [0.1, 0.15) is 0 Å². The Morgan fingerprint density at radius 1 is 1.48 bits per heavy atom. The average molecular weight is 332 g/mol. The number of aryl methyl sites for hydroxylation is 1. The highest BCUT2D eigenvalue weighted by Gasteiger charge is 2.23. The predicted molar refractivity (Wildman–Crippen MR) is 88.1 cm³/mol. The molecule has 2 N–H and O–H groups in total. The third-order valence-electron chi connectivity index (χ3n) is 3.72. The number of nitrogens with one attached hydrogen (secondary N) is 2. The SMILES string of the molecule is CCC(CSC)NS(=O)(=O)c1cc(CNC2CC2)n(C)c1. The Balaban J connectivity index is 2.06. The topological polar surface area (TPSA) is 63.1 Å². The van der Waals surface area contributed by atoms with Gasteiger partial charge >= 0.3 is 0 Å². The summed E-state index contributed by atoms with van der Waals surface area (Å²) in [4.78, 5) is 0.358. The van der Waals surface area contributed by atoms with Crippen LogP contribution in [0.25, 0.3) is 0 Å². The molecular weight excluding hydrogens is 306 g/mol. The summed E-state index contributed by atoms with van der Waals surface area (Å²) in [6.07, 6.45) is 6.93.